The van der Waals surface area contributed by atoms with Crippen molar-refractivity contribution in [2.24, 2.45) is 0 Å². The van der Waals surface area contributed by atoms with Gasteiger partial charge in [-0.15, -0.1) is 0 Å². The van der Waals surface area contributed by atoms with Crippen LogP contribution >= 0.6 is 11.8 Å². The molecule has 2 aliphatic rings. The molecule has 2 fully saturated rings. The minimum Gasteiger partial charge on any atom is -0.388 e. The lowest BCUT2D eigenvalue weighted by molar-refractivity contribution is 0.203. The highest BCUT2D eigenvalue weighted by Crippen LogP contribution is 2.37. The molecule has 0 radical (unpaired) electrons. The SMILES string of the molecule is OC(CSC1CCCCC1)c1cccc(C2CCC2)c1. The van der Waals surface area contributed by atoms with Gasteiger partial charge in [0.25, 0.3) is 0 Å². The Morgan fingerprint density at radius 1 is 1.05 bits per heavy atom. The molecule has 0 bridgehead atoms. The highest BCUT2D eigenvalue weighted by atomic mass is 32.2. The minimum atomic E-state index is -0.290. The lowest BCUT2D eigenvalue weighted by atomic mass is 9.79. The van der Waals surface area contributed by atoms with Gasteiger partial charge < -0.3 is 5.11 Å². The maximum Gasteiger partial charge on any atom is 0.0880 e. The number of benzene rings is 1. The van der Waals surface area contributed by atoms with Gasteiger partial charge in [-0.25, -0.2) is 0 Å². The van der Waals surface area contributed by atoms with Crippen molar-refractivity contribution in [3.05, 3.63) is 35.4 Å². The summed E-state index contributed by atoms with van der Waals surface area (Å²) in [5, 5.41) is 11.2. The highest BCUT2D eigenvalue weighted by molar-refractivity contribution is 7.99. The Kier molecular flexibility index (Phi) is 5.06. The molecule has 3 rings (SSSR count). The molecule has 1 nitrogen and oxygen atoms in total. The summed E-state index contributed by atoms with van der Waals surface area (Å²) in [7, 11) is 0. The van der Waals surface area contributed by atoms with Crippen molar-refractivity contribution >= 4 is 11.8 Å². The van der Waals surface area contributed by atoms with Gasteiger partial charge in [-0.1, -0.05) is 49.9 Å². The van der Waals surface area contributed by atoms with E-state index in [1.807, 2.05) is 11.8 Å². The summed E-state index contributed by atoms with van der Waals surface area (Å²) >= 11 is 1.98. The third-order valence-corrected chi connectivity index (χ3v) is 6.37. The lowest BCUT2D eigenvalue weighted by Crippen LogP contribution is -2.12. The summed E-state index contributed by atoms with van der Waals surface area (Å²) in [6.45, 7) is 0. The first-order chi connectivity index (χ1) is 9.83. The van der Waals surface area contributed by atoms with Crippen LogP contribution in [-0.2, 0) is 0 Å². The molecule has 0 aromatic heterocycles. The maximum atomic E-state index is 10.4. The third-order valence-electron chi connectivity index (χ3n) is 4.91. The topological polar surface area (TPSA) is 20.2 Å². The zero-order chi connectivity index (χ0) is 13.8. The van der Waals surface area contributed by atoms with E-state index in [1.165, 1.54) is 56.9 Å². The van der Waals surface area contributed by atoms with Gasteiger partial charge in [-0.2, -0.15) is 11.8 Å². The van der Waals surface area contributed by atoms with Crippen molar-refractivity contribution in [3.63, 3.8) is 0 Å². The molecule has 1 unspecified atom stereocenters. The van der Waals surface area contributed by atoms with E-state index in [9.17, 15) is 5.11 Å². The number of rotatable bonds is 5. The van der Waals surface area contributed by atoms with Crippen molar-refractivity contribution in [1.29, 1.82) is 0 Å². The van der Waals surface area contributed by atoms with Gasteiger partial charge in [0.15, 0.2) is 0 Å². The van der Waals surface area contributed by atoms with Crippen LogP contribution in [0.4, 0.5) is 0 Å². The van der Waals surface area contributed by atoms with Crippen LogP contribution in [0.15, 0.2) is 24.3 Å². The van der Waals surface area contributed by atoms with E-state index in [-0.39, 0.29) is 6.10 Å². The van der Waals surface area contributed by atoms with Crippen molar-refractivity contribution in [3.8, 4) is 0 Å². The van der Waals surface area contributed by atoms with Crippen LogP contribution in [0.1, 0.15) is 74.5 Å². The number of hydrogen-bond acceptors (Lipinski definition) is 2. The molecular weight excluding hydrogens is 264 g/mol. The molecule has 2 aliphatic carbocycles. The van der Waals surface area contributed by atoms with Crippen LogP contribution in [0.3, 0.4) is 0 Å². The molecule has 2 saturated carbocycles. The van der Waals surface area contributed by atoms with Crippen LogP contribution in [-0.4, -0.2) is 16.1 Å². The van der Waals surface area contributed by atoms with Gasteiger partial charge >= 0.3 is 0 Å². The van der Waals surface area contributed by atoms with Gasteiger partial charge in [0, 0.05) is 11.0 Å². The molecule has 0 spiro atoms. The van der Waals surface area contributed by atoms with Crippen LogP contribution in [0.5, 0.6) is 0 Å². The van der Waals surface area contributed by atoms with Crippen LogP contribution < -0.4 is 0 Å². The average Bonchev–Trinajstić information content (AvgIpc) is 2.44. The second-order valence-corrected chi connectivity index (χ2v) is 7.74. The van der Waals surface area contributed by atoms with E-state index >= 15 is 0 Å². The molecule has 0 amide bonds. The number of thioether (sulfide) groups is 1. The summed E-state index contributed by atoms with van der Waals surface area (Å²) in [4.78, 5) is 0. The fraction of sp³-hybridized carbons (Fsp3) is 0.667. The fourth-order valence-electron chi connectivity index (χ4n) is 3.32. The first kappa shape index (κ1) is 14.5. The lowest BCUT2D eigenvalue weighted by Gasteiger charge is -2.27. The third kappa shape index (κ3) is 3.59. The highest BCUT2D eigenvalue weighted by Gasteiger charge is 2.21. The van der Waals surface area contributed by atoms with Crippen LogP contribution in [0.25, 0.3) is 0 Å². The first-order valence-electron chi connectivity index (χ1n) is 8.22. The average molecular weight is 290 g/mol. The minimum absolute atomic E-state index is 0.290. The van der Waals surface area contributed by atoms with Crippen molar-refractivity contribution in [2.45, 2.75) is 68.6 Å². The van der Waals surface area contributed by atoms with Gasteiger partial charge in [-0.05, 0) is 42.7 Å². The molecular formula is C18H26OS. The number of hydrogen-bond donors (Lipinski definition) is 1. The smallest absolute Gasteiger partial charge is 0.0880 e. The fourth-order valence-corrected chi connectivity index (χ4v) is 4.63. The Labute approximate surface area is 127 Å². The zero-order valence-corrected chi connectivity index (χ0v) is 13.1. The van der Waals surface area contributed by atoms with E-state index in [2.05, 4.69) is 24.3 Å². The van der Waals surface area contributed by atoms with E-state index in [0.717, 1.165) is 22.5 Å². The Morgan fingerprint density at radius 3 is 2.55 bits per heavy atom. The molecule has 1 N–H and O–H groups in total. The van der Waals surface area contributed by atoms with Gasteiger partial charge in [0.05, 0.1) is 6.10 Å². The second kappa shape index (κ2) is 7.00. The standard InChI is InChI=1S/C18H26OS/c19-18(13-20-17-10-2-1-3-11-17)16-9-5-8-15(12-16)14-6-4-7-14/h5,8-9,12,14,17-19H,1-4,6-7,10-11,13H2. The Hall–Kier alpha value is -0.470. The van der Waals surface area contributed by atoms with E-state index < -0.39 is 0 Å². The molecule has 0 aliphatic heterocycles. The normalized spacial score (nSPS) is 22.4. The summed E-state index contributed by atoms with van der Waals surface area (Å²) in [6.07, 6.45) is 10.6. The number of aliphatic hydroxyl groups excluding tert-OH is 1. The largest absolute Gasteiger partial charge is 0.388 e. The monoisotopic (exact) mass is 290 g/mol. The van der Waals surface area contributed by atoms with Gasteiger partial charge in [0.2, 0.25) is 0 Å². The Morgan fingerprint density at radius 2 is 1.85 bits per heavy atom. The molecule has 1 aromatic carbocycles. The Bertz CT molecular complexity index is 421. The van der Waals surface area contributed by atoms with E-state index in [0.29, 0.717) is 0 Å². The summed E-state index contributed by atoms with van der Waals surface area (Å²) in [6, 6.07) is 8.69. The van der Waals surface area contributed by atoms with E-state index in [4.69, 9.17) is 0 Å². The Balaban J connectivity index is 1.54. The van der Waals surface area contributed by atoms with Crippen molar-refractivity contribution < 1.29 is 5.11 Å². The first-order valence-corrected chi connectivity index (χ1v) is 9.27. The zero-order valence-electron chi connectivity index (χ0n) is 12.3. The molecule has 1 aromatic rings. The molecule has 110 valence electrons. The van der Waals surface area contributed by atoms with Crippen molar-refractivity contribution in [1.82, 2.24) is 0 Å². The van der Waals surface area contributed by atoms with Crippen LogP contribution in [0.2, 0.25) is 0 Å². The second-order valence-electron chi connectivity index (χ2n) is 6.41. The van der Waals surface area contributed by atoms with Gasteiger partial charge in [-0.3, -0.25) is 0 Å². The molecule has 0 heterocycles. The maximum absolute atomic E-state index is 10.4. The predicted molar refractivity (Wildman–Crippen MR) is 87.3 cm³/mol. The predicted octanol–water partition coefficient (Wildman–Crippen LogP) is 5.05. The molecule has 0 saturated heterocycles. The van der Waals surface area contributed by atoms with E-state index in [1.54, 1.807) is 0 Å². The summed E-state index contributed by atoms with van der Waals surface area (Å²) in [5.41, 5.74) is 2.56. The quantitative estimate of drug-likeness (QED) is 0.818. The number of aliphatic hydroxyl groups is 1. The molecule has 20 heavy (non-hydrogen) atoms. The van der Waals surface area contributed by atoms with Crippen LogP contribution in [0, 0.1) is 0 Å². The summed E-state index contributed by atoms with van der Waals surface area (Å²) < 4.78 is 0. The molecule has 1 atom stereocenters. The van der Waals surface area contributed by atoms with Gasteiger partial charge in [0.1, 0.15) is 0 Å². The molecule has 2 heteroatoms. The van der Waals surface area contributed by atoms with Crippen molar-refractivity contribution in [2.75, 3.05) is 5.75 Å². The summed E-state index contributed by atoms with van der Waals surface area (Å²) in [5.74, 6) is 1.62.